The summed E-state index contributed by atoms with van der Waals surface area (Å²) in [5, 5.41) is 11.7. The number of carbonyl (C=O) groups is 2. The molecule has 5 nitrogen and oxygen atoms in total. The third-order valence-electron chi connectivity index (χ3n) is 3.63. The van der Waals surface area contributed by atoms with Crippen molar-refractivity contribution in [2.24, 2.45) is 11.8 Å². The van der Waals surface area contributed by atoms with E-state index < -0.39 is 11.9 Å². The summed E-state index contributed by atoms with van der Waals surface area (Å²) in [5.74, 6) is -1.15. The second-order valence-electron chi connectivity index (χ2n) is 4.95. The van der Waals surface area contributed by atoms with Crippen LogP contribution in [0, 0.1) is 11.8 Å². The quantitative estimate of drug-likeness (QED) is 0.837. The van der Waals surface area contributed by atoms with E-state index in [0.717, 1.165) is 10.6 Å². The van der Waals surface area contributed by atoms with Crippen molar-refractivity contribution in [3.05, 3.63) is 24.3 Å². The molecule has 0 saturated carbocycles. The maximum atomic E-state index is 11.9. The molecule has 1 unspecified atom stereocenters. The van der Waals surface area contributed by atoms with Crippen LogP contribution in [0.2, 0.25) is 0 Å². The molecule has 2 N–H and O–H groups in total. The molecule has 20 heavy (non-hydrogen) atoms. The maximum Gasteiger partial charge on any atom is 0.321 e. The number of nitrogens with zero attached hydrogens (tertiary/aromatic N) is 1. The lowest BCUT2D eigenvalue weighted by atomic mass is 9.87. The second kappa shape index (κ2) is 6.17. The van der Waals surface area contributed by atoms with Gasteiger partial charge in [0.25, 0.3) is 0 Å². The second-order valence-corrected chi connectivity index (χ2v) is 5.83. The summed E-state index contributed by atoms with van der Waals surface area (Å²) in [6.45, 7) is 2.69. The van der Waals surface area contributed by atoms with E-state index >= 15 is 0 Å². The molecular weight excluding hydrogens is 276 g/mol. The number of thioether (sulfide) groups is 1. The highest BCUT2D eigenvalue weighted by Gasteiger charge is 2.37. The Labute approximate surface area is 122 Å². The van der Waals surface area contributed by atoms with Gasteiger partial charge in [0.15, 0.2) is 0 Å². The van der Waals surface area contributed by atoms with Crippen LogP contribution in [0.5, 0.6) is 0 Å². The number of amides is 2. The van der Waals surface area contributed by atoms with Crippen molar-refractivity contribution in [3.8, 4) is 0 Å². The van der Waals surface area contributed by atoms with E-state index in [1.165, 1.54) is 0 Å². The lowest BCUT2D eigenvalue weighted by molar-refractivity contribution is -0.144. The Morgan fingerprint density at radius 2 is 1.95 bits per heavy atom. The molecule has 1 aromatic carbocycles. The summed E-state index contributed by atoms with van der Waals surface area (Å²) >= 11 is 1.65. The van der Waals surface area contributed by atoms with E-state index in [1.54, 1.807) is 23.6 Å². The monoisotopic (exact) mass is 294 g/mol. The molecule has 1 saturated heterocycles. The van der Waals surface area contributed by atoms with E-state index in [0.29, 0.717) is 13.1 Å². The highest BCUT2D eigenvalue weighted by molar-refractivity contribution is 7.98. The number of aliphatic carboxylic acids is 1. The van der Waals surface area contributed by atoms with Crippen molar-refractivity contribution in [2.75, 3.05) is 24.7 Å². The van der Waals surface area contributed by atoms with Crippen LogP contribution in [0.3, 0.4) is 0 Å². The zero-order valence-corrected chi connectivity index (χ0v) is 12.3. The lowest BCUT2D eigenvalue weighted by Crippen LogP contribution is -2.54. The number of urea groups is 1. The third-order valence-corrected chi connectivity index (χ3v) is 4.38. The van der Waals surface area contributed by atoms with Crippen LogP contribution in [-0.2, 0) is 4.79 Å². The average Bonchev–Trinajstić information content (AvgIpc) is 2.37. The van der Waals surface area contributed by atoms with E-state index in [-0.39, 0.29) is 11.9 Å². The summed E-state index contributed by atoms with van der Waals surface area (Å²) in [6, 6.07) is 7.45. The first-order chi connectivity index (χ1) is 9.51. The van der Waals surface area contributed by atoms with E-state index in [9.17, 15) is 9.59 Å². The van der Waals surface area contributed by atoms with Crippen molar-refractivity contribution in [3.63, 3.8) is 0 Å². The van der Waals surface area contributed by atoms with E-state index in [4.69, 9.17) is 5.11 Å². The molecule has 1 heterocycles. The molecule has 0 radical (unpaired) electrons. The smallest absolute Gasteiger partial charge is 0.321 e. The molecule has 0 spiro atoms. The van der Waals surface area contributed by atoms with Gasteiger partial charge in [-0.1, -0.05) is 6.92 Å². The Bertz CT molecular complexity index is 498. The highest BCUT2D eigenvalue weighted by atomic mass is 32.2. The predicted molar refractivity (Wildman–Crippen MR) is 79.1 cm³/mol. The average molecular weight is 294 g/mol. The van der Waals surface area contributed by atoms with Gasteiger partial charge in [-0.3, -0.25) is 4.79 Å². The molecule has 1 aliphatic heterocycles. The minimum absolute atomic E-state index is 0.0529. The number of carboxylic acids is 1. The molecule has 1 aliphatic rings. The molecule has 0 aromatic heterocycles. The lowest BCUT2D eigenvalue weighted by Gasteiger charge is -2.41. The van der Waals surface area contributed by atoms with Gasteiger partial charge in [-0.2, -0.15) is 0 Å². The van der Waals surface area contributed by atoms with Crippen LogP contribution in [0.25, 0.3) is 0 Å². The van der Waals surface area contributed by atoms with Gasteiger partial charge >= 0.3 is 12.0 Å². The molecular formula is C14H18N2O3S. The van der Waals surface area contributed by atoms with E-state index in [2.05, 4.69) is 5.32 Å². The van der Waals surface area contributed by atoms with Gasteiger partial charge in [-0.25, -0.2) is 4.79 Å². The third kappa shape index (κ3) is 3.25. The fraction of sp³-hybridized carbons (Fsp3) is 0.429. The maximum absolute atomic E-state index is 11.9. The van der Waals surface area contributed by atoms with Crippen molar-refractivity contribution in [1.82, 2.24) is 4.90 Å². The van der Waals surface area contributed by atoms with Gasteiger partial charge in [-0.15, -0.1) is 11.8 Å². The molecule has 2 rings (SSSR count). The Kier molecular flexibility index (Phi) is 4.54. The van der Waals surface area contributed by atoms with Crippen molar-refractivity contribution in [1.29, 1.82) is 0 Å². The minimum atomic E-state index is -0.803. The fourth-order valence-corrected chi connectivity index (χ4v) is 2.48. The normalized spacial score (nSPS) is 16.4. The summed E-state index contributed by atoms with van der Waals surface area (Å²) in [6.07, 6.45) is 2.00. The SMILES string of the molecule is CSc1ccc(NC(=O)N2CC(C(C)C(=O)O)C2)cc1. The number of benzene rings is 1. The van der Waals surface area contributed by atoms with Gasteiger partial charge in [0.05, 0.1) is 5.92 Å². The van der Waals surface area contributed by atoms with Crippen LogP contribution < -0.4 is 5.32 Å². The van der Waals surface area contributed by atoms with Gasteiger partial charge in [0, 0.05) is 29.6 Å². The molecule has 1 atom stereocenters. The Morgan fingerprint density at radius 3 is 2.45 bits per heavy atom. The van der Waals surface area contributed by atoms with Crippen LogP contribution in [0.15, 0.2) is 29.2 Å². The Hall–Kier alpha value is -1.69. The summed E-state index contributed by atoms with van der Waals surface area (Å²) in [4.78, 5) is 25.6. The molecule has 0 aliphatic carbocycles. The minimum Gasteiger partial charge on any atom is -0.481 e. The summed E-state index contributed by atoms with van der Waals surface area (Å²) in [7, 11) is 0. The van der Waals surface area contributed by atoms with Crippen LogP contribution in [-0.4, -0.2) is 41.4 Å². The first-order valence-electron chi connectivity index (χ1n) is 6.44. The van der Waals surface area contributed by atoms with Gasteiger partial charge < -0.3 is 15.3 Å². The zero-order valence-electron chi connectivity index (χ0n) is 11.5. The van der Waals surface area contributed by atoms with Crippen LogP contribution >= 0.6 is 11.8 Å². The van der Waals surface area contributed by atoms with Crippen molar-refractivity contribution < 1.29 is 14.7 Å². The number of carbonyl (C=O) groups excluding carboxylic acids is 1. The van der Waals surface area contributed by atoms with E-state index in [1.807, 2.05) is 30.5 Å². The first-order valence-corrected chi connectivity index (χ1v) is 7.66. The number of likely N-dealkylation sites (tertiary alicyclic amines) is 1. The topological polar surface area (TPSA) is 69.6 Å². The van der Waals surface area contributed by atoms with Gasteiger partial charge in [0.2, 0.25) is 0 Å². The number of rotatable bonds is 4. The van der Waals surface area contributed by atoms with Crippen molar-refractivity contribution >= 4 is 29.4 Å². The molecule has 1 aromatic rings. The molecule has 0 bridgehead atoms. The van der Waals surface area contributed by atoms with Crippen LogP contribution in [0.4, 0.5) is 10.5 Å². The number of hydrogen-bond acceptors (Lipinski definition) is 3. The molecule has 2 amide bonds. The number of anilines is 1. The summed E-state index contributed by atoms with van der Waals surface area (Å²) in [5.41, 5.74) is 0.752. The zero-order chi connectivity index (χ0) is 14.7. The summed E-state index contributed by atoms with van der Waals surface area (Å²) < 4.78 is 0. The van der Waals surface area contributed by atoms with Gasteiger partial charge in [0.1, 0.15) is 0 Å². The van der Waals surface area contributed by atoms with Gasteiger partial charge in [-0.05, 0) is 30.5 Å². The molecule has 108 valence electrons. The van der Waals surface area contributed by atoms with Crippen LogP contribution in [0.1, 0.15) is 6.92 Å². The highest BCUT2D eigenvalue weighted by Crippen LogP contribution is 2.25. The first kappa shape index (κ1) is 14.7. The largest absolute Gasteiger partial charge is 0.481 e. The molecule has 1 fully saturated rings. The number of carboxylic acid groups (broad SMARTS) is 1. The molecule has 6 heteroatoms. The fourth-order valence-electron chi connectivity index (χ4n) is 2.07. The number of hydrogen-bond donors (Lipinski definition) is 2. The predicted octanol–water partition coefficient (Wildman–Crippen LogP) is 2.59. The number of nitrogens with one attached hydrogen (secondary N) is 1. The Balaban J connectivity index is 1.83. The standard InChI is InChI=1S/C14H18N2O3S/c1-9(13(17)18)10-7-16(8-10)14(19)15-11-3-5-12(20-2)6-4-11/h3-6,9-10H,7-8H2,1-2H3,(H,15,19)(H,17,18). The van der Waals surface area contributed by atoms with Crippen molar-refractivity contribution in [2.45, 2.75) is 11.8 Å². The Morgan fingerprint density at radius 1 is 1.35 bits per heavy atom.